The standard InChI is InChI=1S/C49H68Cl2N4O9SSi/c1-29-31(16-15-17-39(29)59-12)26-54(33-18-19-33)43(56)41-35(24-34-27-53(45(57)62-47(3,4)5)28-38(41)55(34)46(58)63-48(6,7)8)40-25-52-44(65-40)61-21-20-60-42-36(50)22-32(23-37(42)51)30(2)64-66(13,14)49(9,10)11/h15-17,22-23,25,30,33-34,38H,18-21,24,26-28H2,1-14H3/t30-,34-,38-/m0/s1. The number of piperazine rings is 1. The molecule has 17 heteroatoms. The van der Waals surface area contributed by atoms with Crippen LogP contribution in [0, 0.1) is 6.92 Å². The van der Waals surface area contributed by atoms with Crippen LogP contribution in [0.1, 0.15) is 116 Å². The van der Waals surface area contributed by atoms with Crippen LogP contribution in [-0.4, -0.2) is 109 Å². The van der Waals surface area contributed by atoms with Crippen molar-refractivity contribution < 1.29 is 42.5 Å². The Hall–Kier alpha value is -4.02. The second-order valence-corrected chi connectivity index (χ2v) is 27.5. The molecule has 0 spiro atoms. The van der Waals surface area contributed by atoms with E-state index in [-0.39, 0.29) is 55.8 Å². The van der Waals surface area contributed by atoms with Crippen LogP contribution < -0.4 is 14.2 Å². The summed E-state index contributed by atoms with van der Waals surface area (Å²) in [5, 5.41) is 1.17. The number of nitrogens with zero attached hydrogens (tertiary/aromatic N) is 4. The van der Waals surface area contributed by atoms with Crippen molar-refractivity contribution >= 4 is 66.5 Å². The number of fused-ring (bicyclic) bond motifs is 2. The summed E-state index contributed by atoms with van der Waals surface area (Å²) in [4.78, 5) is 54.0. The van der Waals surface area contributed by atoms with Crippen molar-refractivity contribution in [2.45, 2.75) is 156 Å². The summed E-state index contributed by atoms with van der Waals surface area (Å²) in [7, 11) is -0.411. The number of halogens is 2. The Labute approximate surface area is 406 Å². The first-order valence-corrected chi connectivity index (χ1v) is 27.2. The van der Waals surface area contributed by atoms with Crippen LogP contribution in [0.15, 0.2) is 42.1 Å². The molecule has 1 aromatic heterocycles. The molecule has 1 saturated carbocycles. The van der Waals surface area contributed by atoms with E-state index >= 15 is 4.79 Å². The number of methoxy groups -OCH3 is 1. The quantitative estimate of drug-likeness (QED) is 0.114. The molecule has 0 N–H and O–H groups in total. The number of aromatic nitrogens is 1. The summed E-state index contributed by atoms with van der Waals surface area (Å²) in [6.45, 7) is 26.7. The number of thiazole rings is 1. The van der Waals surface area contributed by atoms with Gasteiger partial charge in [-0.25, -0.2) is 14.6 Å². The zero-order valence-electron chi connectivity index (χ0n) is 41.1. The summed E-state index contributed by atoms with van der Waals surface area (Å²) in [6.07, 6.45) is 2.38. The van der Waals surface area contributed by atoms with Crippen LogP contribution in [0.2, 0.25) is 28.2 Å². The molecule has 13 nitrogen and oxygen atoms in total. The zero-order valence-corrected chi connectivity index (χ0v) is 44.4. The number of hydrogen-bond acceptors (Lipinski definition) is 11. The molecule has 66 heavy (non-hydrogen) atoms. The van der Waals surface area contributed by atoms with Crippen LogP contribution in [0.3, 0.4) is 0 Å². The van der Waals surface area contributed by atoms with Crippen LogP contribution in [0.25, 0.3) is 5.57 Å². The Bertz CT molecular complexity index is 2290. The minimum atomic E-state index is -2.04. The Morgan fingerprint density at radius 3 is 2.14 bits per heavy atom. The van der Waals surface area contributed by atoms with Gasteiger partial charge >= 0.3 is 12.2 Å². The fraction of sp³-hybridized carbons (Fsp3) is 0.592. The second kappa shape index (κ2) is 19.9. The highest BCUT2D eigenvalue weighted by atomic mass is 35.5. The van der Waals surface area contributed by atoms with Gasteiger partial charge in [-0.1, -0.05) is 67.4 Å². The highest BCUT2D eigenvalue weighted by Gasteiger charge is 2.51. The predicted molar refractivity (Wildman–Crippen MR) is 263 cm³/mol. The molecule has 1 aliphatic carbocycles. The molecule has 3 heterocycles. The molecule has 362 valence electrons. The van der Waals surface area contributed by atoms with Gasteiger partial charge in [0.25, 0.3) is 11.1 Å². The third kappa shape index (κ3) is 12.2. The lowest BCUT2D eigenvalue weighted by molar-refractivity contribution is -0.129. The summed E-state index contributed by atoms with van der Waals surface area (Å²) in [5.74, 6) is 0.866. The van der Waals surface area contributed by atoms with Crippen molar-refractivity contribution in [3.05, 3.63) is 73.7 Å². The molecule has 6 rings (SSSR count). The van der Waals surface area contributed by atoms with Gasteiger partial charge in [-0.2, -0.15) is 0 Å². The number of amides is 3. The number of hydrogen-bond donors (Lipinski definition) is 0. The highest BCUT2D eigenvalue weighted by Crippen LogP contribution is 2.45. The zero-order chi connectivity index (χ0) is 48.7. The van der Waals surface area contributed by atoms with E-state index in [1.807, 2.05) is 90.6 Å². The van der Waals surface area contributed by atoms with Crippen molar-refractivity contribution in [3.63, 3.8) is 0 Å². The summed E-state index contributed by atoms with van der Waals surface area (Å²) in [5.41, 5.74) is 2.37. The Balaban J connectivity index is 1.30. The molecule has 3 amide bonds. The van der Waals surface area contributed by atoms with Crippen LogP contribution in [0.4, 0.5) is 9.59 Å². The van der Waals surface area contributed by atoms with Crippen molar-refractivity contribution in [2.24, 2.45) is 0 Å². The normalized spacial score (nSPS) is 18.5. The number of rotatable bonds is 14. The van der Waals surface area contributed by atoms with Crippen LogP contribution in [0.5, 0.6) is 16.7 Å². The fourth-order valence-electron chi connectivity index (χ4n) is 8.00. The first kappa shape index (κ1) is 51.4. The molecular formula is C49H68Cl2N4O9SSi. The lowest BCUT2D eigenvalue weighted by Crippen LogP contribution is -2.66. The number of carbonyl (C=O) groups excluding carboxylic acids is 3. The summed E-state index contributed by atoms with van der Waals surface area (Å²) < 4.78 is 36.2. The maximum absolute atomic E-state index is 15.5. The van der Waals surface area contributed by atoms with Gasteiger partial charge in [-0.15, -0.1) is 0 Å². The average Bonchev–Trinajstić information content (AvgIpc) is 3.93. The lowest BCUT2D eigenvalue weighted by atomic mass is 9.83. The van der Waals surface area contributed by atoms with E-state index in [0.29, 0.717) is 33.1 Å². The fourth-order valence-corrected chi connectivity index (χ4v) is 10.8. The van der Waals surface area contributed by atoms with Gasteiger partial charge in [0.2, 0.25) is 0 Å². The van der Waals surface area contributed by atoms with Gasteiger partial charge in [0, 0.05) is 37.4 Å². The topological polar surface area (TPSA) is 129 Å². The molecule has 2 aliphatic heterocycles. The van der Waals surface area contributed by atoms with E-state index in [4.69, 9.17) is 51.3 Å². The third-order valence-corrected chi connectivity index (χ3v) is 18.5. The van der Waals surface area contributed by atoms with Gasteiger partial charge in [0.1, 0.15) is 30.2 Å². The lowest BCUT2D eigenvalue weighted by Gasteiger charge is -2.51. The molecule has 2 aromatic carbocycles. The van der Waals surface area contributed by atoms with E-state index in [2.05, 4.69) is 38.8 Å². The molecule has 3 atom stereocenters. The first-order valence-electron chi connectivity index (χ1n) is 22.7. The minimum absolute atomic E-state index is 0.00678. The van der Waals surface area contributed by atoms with E-state index < -0.39 is 43.8 Å². The van der Waals surface area contributed by atoms with Gasteiger partial charge in [0.15, 0.2) is 14.1 Å². The van der Waals surface area contributed by atoms with E-state index in [0.717, 1.165) is 45.7 Å². The minimum Gasteiger partial charge on any atom is -0.496 e. The Morgan fingerprint density at radius 2 is 1.55 bits per heavy atom. The summed E-state index contributed by atoms with van der Waals surface area (Å²) in [6, 6.07) is 8.11. The SMILES string of the molecule is COc1cccc(CN(C(=O)C2=C(c3cnc(OCCOc4c(Cl)cc([C@H](C)O[Si](C)(C)C(C)(C)C)cc4Cl)s3)C[C@H]3CN(C(=O)OC(C)(C)C)C[C@@H]2N3C(=O)OC(C)(C)C)C2CC2)c1C. The maximum atomic E-state index is 15.5. The molecule has 1 saturated heterocycles. The van der Waals surface area contributed by atoms with Gasteiger partial charge in [-0.3, -0.25) is 9.69 Å². The Morgan fingerprint density at radius 1 is 0.924 bits per heavy atom. The van der Waals surface area contributed by atoms with E-state index in [9.17, 15) is 9.59 Å². The molecule has 2 fully saturated rings. The number of ether oxygens (including phenoxy) is 5. The van der Waals surface area contributed by atoms with Crippen molar-refractivity contribution in [2.75, 3.05) is 33.4 Å². The predicted octanol–water partition coefficient (Wildman–Crippen LogP) is 11.9. The molecule has 0 radical (unpaired) electrons. The number of carbonyl (C=O) groups is 3. The third-order valence-electron chi connectivity index (χ3n) is 12.4. The van der Waals surface area contributed by atoms with Gasteiger partial charge in [0.05, 0.1) is 40.2 Å². The smallest absolute Gasteiger partial charge is 0.411 e. The number of benzene rings is 2. The average molecular weight is 988 g/mol. The first-order chi connectivity index (χ1) is 30.7. The van der Waals surface area contributed by atoms with Gasteiger partial charge in [-0.05, 0) is 133 Å². The molecule has 0 unspecified atom stereocenters. The monoisotopic (exact) mass is 986 g/mol. The molecule has 3 aliphatic rings. The highest BCUT2D eigenvalue weighted by molar-refractivity contribution is 7.14. The Kier molecular flexibility index (Phi) is 15.5. The van der Waals surface area contributed by atoms with Crippen LogP contribution >= 0.6 is 34.5 Å². The van der Waals surface area contributed by atoms with Gasteiger partial charge < -0.3 is 37.9 Å². The largest absolute Gasteiger partial charge is 0.496 e. The van der Waals surface area contributed by atoms with E-state index in [1.54, 1.807) is 23.1 Å². The summed E-state index contributed by atoms with van der Waals surface area (Å²) >= 11 is 14.8. The van der Waals surface area contributed by atoms with Crippen molar-refractivity contribution in [3.8, 4) is 16.7 Å². The van der Waals surface area contributed by atoms with Crippen molar-refractivity contribution in [1.29, 1.82) is 0 Å². The molecular weight excluding hydrogens is 920 g/mol. The second-order valence-electron chi connectivity index (χ2n) is 21.0. The molecule has 2 bridgehead atoms. The van der Waals surface area contributed by atoms with Crippen LogP contribution in [-0.2, 0) is 25.2 Å². The molecule has 3 aromatic rings. The van der Waals surface area contributed by atoms with E-state index in [1.165, 1.54) is 11.3 Å². The maximum Gasteiger partial charge on any atom is 0.411 e. The van der Waals surface area contributed by atoms with Crippen molar-refractivity contribution in [1.82, 2.24) is 19.7 Å².